The maximum Gasteiger partial charge on any atom is 0.416 e. The first-order valence-corrected chi connectivity index (χ1v) is 5.71. The lowest BCUT2D eigenvalue weighted by atomic mass is 10.00. The summed E-state index contributed by atoms with van der Waals surface area (Å²) in [5, 5.41) is 0. The first kappa shape index (κ1) is 12.9. The predicted molar refractivity (Wildman–Crippen MR) is 62.5 cm³/mol. The van der Waals surface area contributed by atoms with E-state index in [9.17, 15) is 18.0 Å². The Morgan fingerprint density at radius 3 is 2.44 bits per heavy atom. The quantitative estimate of drug-likeness (QED) is 0.769. The van der Waals surface area contributed by atoms with E-state index in [1.807, 2.05) is 0 Å². The van der Waals surface area contributed by atoms with E-state index in [0.717, 1.165) is 12.1 Å². The van der Waals surface area contributed by atoms with Crippen molar-refractivity contribution in [3.05, 3.63) is 29.8 Å². The molecule has 2 nitrogen and oxygen atoms in total. The van der Waals surface area contributed by atoms with Crippen LogP contribution in [0.1, 0.15) is 25.8 Å². The van der Waals surface area contributed by atoms with Crippen LogP contribution >= 0.6 is 0 Å². The van der Waals surface area contributed by atoms with Crippen molar-refractivity contribution in [3.63, 3.8) is 0 Å². The Morgan fingerprint density at radius 2 is 1.94 bits per heavy atom. The van der Waals surface area contributed by atoms with Gasteiger partial charge >= 0.3 is 6.18 Å². The van der Waals surface area contributed by atoms with Gasteiger partial charge in [-0.1, -0.05) is 6.07 Å². The summed E-state index contributed by atoms with van der Waals surface area (Å²) in [6.45, 7) is 3.94. The zero-order valence-corrected chi connectivity index (χ0v) is 10.2. The maximum atomic E-state index is 12.6. The monoisotopic (exact) mass is 257 g/mol. The average molecular weight is 257 g/mol. The third-order valence-corrected chi connectivity index (χ3v) is 3.40. The van der Waals surface area contributed by atoms with Gasteiger partial charge in [-0.3, -0.25) is 4.79 Å². The van der Waals surface area contributed by atoms with E-state index in [1.54, 1.807) is 24.8 Å². The van der Waals surface area contributed by atoms with Crippen molar-refractivity contribution in [2.75, 3.05) is 11.4 Å². The van der Waals surface area contributed by atoms with Gasteiger partial charge in [-0.15, -0.1) is 0 Å². The highest BCUT2D eigenvalue weighted by atomic mass is 19.4. The van der Waals surface area contributed by atoms with Gasteiger partial charge in [0.25, 0.3) is 0 Å². The molecule has 1 saturated heterocycles. The molecule has 0 spiro atoms. The molecule has 1 aromatic rings. The number of carbonyl (C=O) groups is 1. The summed E-state index contributed by atoms with van der Waals surface area (Å²) >= 11 is 0. The van der Waals surface area contributed by atoms with E-state index in [1.165, 1.54) is 6.07 Å². The number of rotatable bonds is 1. The molecular formula is C13H14F3NO. The molecule has 0 aliphatic carbocycles. The molecule has 2 rings (SSSR count). The number of halogens is 3. The number of Topliss-reactive ketones (excluding diaryl/α,β-unsaturated/α-hetero) is 1. The number of benzene rings is 1. The molecule has 0 saturated carbocycles. The maximum absolute atomic E-state index is 12.6. The van der Waals surface area contributed by atoms with Crippen LogP contribution in [-0.4, -0.2) is 17.9 Å². The second-order valence-electron chi connectivity index (χ2n) is 4.93. The number of carbonyl (C=O) groups excluding carboxylic acids is 1. The van der Waals surface area contributed by atoms with Gasteiger partial charge in [0.05, 0.1) is 11.1 Å². The van der Waals surface area contributed by atoms with Crippen molar-refractivity contribution in [3.8, 4) is 0 Å². The van der Waals surface area contributed by atoms with E-state index in [2.05, 4.69) is 0 Å². The summed E-state index contributed by atoms with van der Waals surface area (Å²) in [6, 6.07) is 5.11. The van der Waals surface area contributed by atoms with Gasteiger partial charge in [-0.05, 0) is 32.0 Å². The number of hydrogen-bond donors (Lipinski definition) is 0. The Hall–Kier alpha value is -1.52. The minimum Gasteiger partial charge on any atom is -0.359 e. The smallest absolute Gasteiger partial charge is 0.359 e. The third-order valence-electron chi connectivity index (χ3n) is 3.40. The van der Waals surface area contributed by atoms with Gasteiger partial charge in [-0.2, -0.15) is 13.2 Å². The lowest BCUT2D eigenvalue weighted by Gasteiger charge is -2.32. The van der Waals surface area contributed by atoms with Crippen LogP contribution in [0.4, 0.5) is 18.9 Å². The first-order chi connectivity index (χ1) is 8.23. The lowest BCUT2D eigenvalue weighted by molar-refractivity contribution is -0.137. The zero-order chi connectivity index (χ0) is 13.6. The highest BCUT2D eigenvalue weighted by molar-refractivity contribution is 5.94. The molecule has 1 aliphatic heterocycles. The molecule has 98 valence electrons. The largest absolute Gasteiger partial charge is 0.416 e. The molecular weight excluding hydrogens is 243 g/mol. The predicted octanol–water partition coefficient (Wildman–Crippen LogP) is 3.26. The molecule has 0 unspecified atom stereocenters. The summed E-state index contributed by atoms with van der Waals surface area (Å²) in [5.74, 6) is 0.0555. The van der Waals surface area contributed by atoms with Crippen LogP contribution in [0, 0.1) is 0 Å². The fourth-order valence-corrected chi connectivity index (χ4v) is 2.25. The van der Waals surface area contributed by atoms with Crippen LogP contribution in [0.15, 0.2) is 24.3 Å². The summed E-state index contributed by atoms with van der Waals surface area (Å²) in [7, 11) is 0. The Balaban J connectivity index is 2.38. The van der Waals surface area contributed by atoms with Gasteiger partial charge < -0.3 is 4.90 Å². The number of ketones is 1. The van der Waals surface area contributed by atoms with E-state index >= 15 is 0 Å². The molecule has 0 amide bonds. The number of alkyl halides is 3. The normalized spacial score (nSPS) is 19.4. The minimum atomic E-state index is -4.36. The lowest BCUT2D eigenvalue weighted by Crippen LogP contribution is -2.43. The molecule has 0 bridgehead atoms. The Kier molecular flexibility index (Phi) is 2.87. The molecule has 0 aromatic heterocycles. The molecule has 5 heteroatoms. The van der Waals surface area contributed by atoms with Gasteiger partial charge in [0, 0.05) is 18.7 Å². The van der Waals surface area contributed by atoms with Crippen LogP contribution in [-0.2, 0) is 11.0 Å². The van der Waals surface area contributed by atoms with Gasteiger partial charge in [0.15, 0.2) is 5.78 Å². The minimum absolute atomic E-state index is 0.0555. The molecule has 0 N–H and O–H groups in total. The Bertz CT molecular complexity index is 479. The standard InChI is InChI=1S/C13H14F3NO/c1-12(2)11(18)6-7-17(12)10-5-3-4-9(8-10)13(14,15)16/h3-5,8H,6-7H2,1-2H3. The number of anilines is 1. The summed E-state index contributed by atoms with van der Waals surface area (Å²) in [6.07, 6.45) is -3.98. The molecule has 0 radical (unpaired) electrons. The van der Waals surface area contributed by atoms with Crippen LogP contribution in [0.2, 0.25) is 0 Å². The summed E-state index contributed by atoms with van der Waals surface area (Å²) in [5.41, 5.74) is -0.972. The highest BCUT2D eigenvalue weighted by Gasteiger charge is 2.40. The topological polar surface area (TPSA) is 20.3 Å². The molecule has 1 fully saturated rings. The van der Waals surface area contributed by atoms with Crippen LogP contribution in [0.25, 0.3) is 0 Å². The second kappa shape index (κ2) is 4.00. The van der Waals surface area contributed by atoms with Crippen molar-refractivity contribution in [2.24, 2.45) is 0 Å². The summed E-state index contributed by atoms with van der Waals surface area (Å²) in [4.78, 5) is 13.4. The molecule has 1 heterocycles. The van der Waals surface area contributed by atoms with Crippen LogP contribution < -0.4 is 4.90 Å². The third kappa shape index (κ3) is 2.09. The molecule has 1 aromatic carbocycles. The number of nitrogens with zero attached hydrogens (tertiary/aromatic N) is 1. The van der Waals surface area contributed by atoms with Crippen LogP contribution in [0.3, 0.4) is 0 Å². The van der Waals surface area contributed by atoms with Gasteiger partial charge in [-0.25, -0.2) is 0 Å². The zero-order valence-electron chi connectivity index (χ0n) is 10.2. The fourth-order valence-electron chi connectivity index (χ4n) is 2.25. The van der Waals surface area contributed by atoms with Crippen molar-refractivity contribution in [1.29, 1.82) is 0 Å². The van der Waals surface area contributed by atoms with E-state index < -0.39 is 17.3 Å². The first-order valence-electron chi connectivity index (χ1n) is 5.71. The van der Waals surface area contributed by atoms with E-state index in [4.69, 9.17) is 0 Å². The molecule has 1 aliphatic rings. The molecule has 0 atom stereocenters. The number of hydrogen-bond acceptors (Lipinski definition) is 2. The van der Waals surface area contributed by atoms with E-state index in [-0.39, 0.29) is 5.78 Å². The second-order valence-corrected chi connectivity index (χ2v) is 4.93. The van der Waals surface area contributed by atoms with Crippen LogP contribution in [0.5, 0.6) is 0 Å². The van der Waals surface area contributed by atoms with Gasteiger partial charge in [0.1, 0.15) is 0 Å². The average Bonchev–Trinajstić information content (AvgIpc) is 2.53. The van der Waals surface area contributed by atoms with Gasteiger partial charge in [0.2, 0.25) is 0 Å². The Labute approximate surface area is 103 Å². The van der Waals surface area contributed by atoms with E-state index in [0.29, 0.717) is 18.7 Å². The Morgan fingerprint density at radius 1 is 1.28 bits per heavy atom. The highest BCUT2D eigenvalue weighted by Crippen LogP contribution is 2.35. The van der Waals surface area contributed by atoms with Crippen molar-refractivity contribution in [1.82, 2.24) is 0 Å². The summed E-state index contributed by atoms with van der Waals surface area (Å²) < 4.78 is 37.9. The molecule has 18 heavy (non-hydrogen) atoms. The van der Waals surface area contributed by atoms with Crippen molar-refractivity contribution >= 4 is 11.5 Å². The SMILES string of the molecule is CC1(C)C(=O)CCN1c1cccc(C(F)(F)F)c1. The van der Waals surface area contributed by atoms with Crippen molar-refractivity contribution in [2.45, 2.75) is 32.0 Å². The fraction of sp³-hybridized carbons (Fsp3) is 0.462. The van der Waals surface area contributed by atoms with Crippen molar-refractivity contribution < 1.29 is 18.0 Å².